The number of para-hydroxylation sites is 1. The summed E-state index contributed by atoms with van der Waals surface area (Å²) >= 11 is 0. The second-order valence-corrected chi connectivity index (χ2v) is 8.98. The molecule has 1 saturated heterocycles. The molecule has 3 aromatic rings. The van der Waals surface area contributed by atoms with E-state index < -0.39 is 15.7 Å². The van der Waals surface area contributed by atoms with Gasteiger partial charge < -0.3 is 9.88 Å². The minimum Gasteiger partial charge on any atom is -0.365 e. The Bertz CT molecular complexity index is 1060. The van der Waals surface area contributed by atoms with Crippen LogP contribution >= 0.6 is 0 Å². The molecule has 4 nitrogen and oxygen atoms in total. The summed E-state index contributed by atoms with van der Waals surface area (Å²) in [5, 5.41) is 1.01. The Morgan fingerprint density at radius 2 is 1.96 bits per heavy atom. The molecule has 0 aliphatic carbocycles. The lowest BCUT2D eigenvalue weighted by Gasteiger charge is -2.22. The van der Waals surface area contributed by atoms with E-state index in [1.54, 1.807) is 23.1 Å². The Balaban J connectivity index is 1.89. The standard InChI is InChI=1S/C19H19F2N3OS/c1-26(22,25)14-6-7-18(24-9-8-19(20,21)12-24)15(11-14)17-10-13-4-2-3-5-16(13)23-17/h2-7,10-11,22-23H,8-9,12H2,1H3/t26-/m0/s1. The second-order valence-electron chi connectivity index (χ2n) is 6.82. The monoisotopic (exact) mass is 375 g/mol. The van der Waals surface area contributed by atoms with Gasteiger partial charge >= 0.3 is 0 Å². The number of halogens is 2. The summed E-state index contributed by atoms with van der Waals surface area (Å²) in [6.07, 6.45) is 1.19. The van der Waals surface area contributed by atoms with E-state index in [2.05, 4.69) is 4.98 Å². The largest absolute Gasteiger partial charge is 0.365 e. The van der Waals surface area contributed by atoms with Gasteiger partial charge in [0.1, 0.15) is 0 Å². The quantitative estimate of drug-likeness (QED) is 0.696. The van der Waals surface area contributed by atoms with E-state index in [4.69, 9.17) is 4.78 Å². The fourth-order valence-corrected chi connectivity index (χ4v) is 4.08. The van der Waals surface area contributed by atoms with Crippen molar-refractivity contribution in [1.82, 2.24) is 4.98 Å². The van der Waals surface area contributed by atoms with Crippen LogP contribution in [0.15, 0.2) is 53.4 Å². The number of benzene rings is 2. The highest BCUT2D eigenvalue weighted by molar-refractivity contribution is 7.91. The molecule has 0 saturated carbocycles. The molecular formula is C19H19F2N3OS. The smallest absolute Gasteiger partial charge is 0.266 e. The second kappa shape index (κ2) is 5.81. The number of hydrogen-bond acceptors (Lipinski definition) is 3. The van der Waals surface area contributed by atoms with Crippen molar-refractivity contribution >= 4 is 26.3 Å². The zero-order valence-corrected chi connectivity index (χ0v) is 15.1. The van der Waals surface area contributed by atoms with Gasteiger partial charge in [0, 0.05) is 52.0 Å². The van der Waals surface area contributed by atoms with E-state index in [0.717, 1.165) is 16.6 Å². The fraction of sp³-hybridized carbons (Fsp3) is 0.263. The Hall–Kier alpha value is -2.41. The van der Waals surface area contributed by atoms with Crippen LogP contribution in [0.2, 0.25) is 0 Å². The Morgan fingerprint density at radius 3 is 2.62 bits per heavy atom. The molecule has 1 atom stereocenters. The van der Waals surface area contributed by atoms with E-state index in [1.165, 1.54) is 6.26 Å². The number of H-pyrrole nitrogens is 1. The van der Waals surface area contributed by atoms with Crippen molar-refractivity contribution < 1.29 is 13.0 Å². The highest BCUT2D eigenvalue weighted by Crippen LogP contribution is 2.38. The maximum Gasteiger partial charge on any atom is 0.266 e. The van der Waals surface area contributed by atoms with E-state index in [9.17, 15) is 13.0 Å². The molecule has 1 aromatic heterocycles. The van der Waals surface area contributed by atoms with E-state index in [-0.39, 0.29) is 19.5 Å². The molecule has 7 heteroatoms. The molecule has 0 amide bonds. The van der Waals surface area contributed by atoms with Crippen molar-refractivity contribution in [2.24, 2.45) is 0 Å². The first-order valence-electron chi connectivity index (χ1n) is 8.32. The summed E-state index contributed by atoms with van der Waals surface area (Å²) in [6.45, 7) is -0.0656. The molecule has 0 spiro atoms. The van der Waals surface area contributed by atoms with Gasteiger partial charge in [-0.15, -0.1) is 0 Å². The predicted molar refractivity (Wildman–Crippen MR) is 101 cm³/mol. The normalized spacial score (nSPS) is 19.0. The van der Waals surface area contributed by atoms with Crippen LogP contribution in [0.5, 0.6) is 0 Å². The van der Waals surface area contributed by atoms with Crippen LogP contribution in [0, 0.1) is 4.78 Å². The molecular weight excluding hydrogens is 356 g/mol. The van der Waals surface area contributed by atoms with Gasteiger partial charge in [0.2, 0.25) is 0 Å². The molecule has 136 valence electrons. The van der Waals surface area contributed by atoms with Gasteiger partial charge in [0.05, 0.1) is 16.3 Å². The first-order valence-corrected chi connectivity index (χ1v) is 10.3. The van der Waals surface area contributed by atoms with Crippen LogP contribution in [0.1, 0.15) is 6.42 Å². The Morgan fingerprint density at radius 1 is 1.19 bits per heavy atom. The Kier molecular flexibility index (Phi) is 3.80. The molecule has 4 rings (SSSR count). The summed E-state index contributed by atoms with van der Waals surface area (Å²) in [6, 6.07) is 14.7. The van der Waals surface area contributed by atoms with E-state index in [0.29, 0.717) is 16.1 Å². The number of alkyl halides is 2. The van der Waals surface area contributed by atoms with Crippen molar-refractivity contribution in [2.45, 2.75) is 17.2 Å². The van der Waals surface area contributed by atoms with Gasteiger partial charge in [0.15, 0.2) is 0 Å². The fourth-order valence-electron chi connectivity index (χ4n) is 3.41. The maximum absolute atomic E-state index is 13.7. The number of rotatable bonds is 3. The third-order valence-electron chi connectivity index (χ3n) is 4.75. The van der Waals surface area contributed by atoms with Gasteiger partial charge in [-0.05, 0) is 30.3 Å². The number of aromatic nitrogens is 1. The number of nitrogens with zero attached hydrogens (tertiary/aromatic N) is 1. The number of hydrogen-bond donors (Lipinski definition) is 2. The molecule has 1 fully saturated rings. The lowest BCUT2D eigenvalue weighted by atomic mass is 10.1. The maximum atomic E-state index is 13.7. The topological polar surface area (TPSA) is 60.0 Å². The lowest BCUT2D eigenvalue weighted by molar-refractivity contribution is 0.0257. The molecule has 1 aliphatic rings. The summed E-state index contributed by atoms with van der Waals surface area (Å²) < 4.78 is 47.5. The summed E-state index contributed by atoms with van der Waals surface area (Å²) in [7, 11) is -2.91. The molecule has 2 heterocycles. The zero-order valence-electron chi connectivity index (χ0n) is 14.3. The van der Waals surface area contributed by atoms with Crippen molar-refractivity contribution in [3.05, 3.63) is 48.5 Å². The van der Waals surface area contributed by atoms with Crippen molar-refractivity contribution in [1.29, 1.82) is 4.78 Å². The number of aromatic amines is 1. The van der Waals surface area contributed by atoms with Crippen LogP contribution in [-0.4, -0.2) is 34.5 Å². The van der Waals surface area contributed by atoms with Crippen LogP contribution in [-0.2, 0) is 9.73 Å². The number of nitrogens with one attached hydrogen (secondary N) is 2. The average molecular weight is 375 g/mol. The van der Waals surface area contributed by atoms with E-state index in [1.807, 2.05) is 30.3 Å². The molecule has 0 unspecified atom stereocenters. The summed E-state index contributed by atoms with van der Waals surface area (Å²) in [5.41, 5.74) is 3.06. The van der Waals surface area contributed by atoms with Crippen molar-refractivity contribution in [2.75, 3.05) is 24.2 Å². The van der Waals surface area contributed by atoms with Crippen LogP contribution in [0.4, 0.5) is 14.5 Å². The predicted octanol–water partition coefficient (Wildman–Crippen LogP) is 4.72. The molecule has 1 aliphatic heterocycles. The zero-order chi connectivity index (χ0) is 18.5. The van der Waals surface area contributed by atoms with Gasteiger partial charge in [-0.25, -0.2) is 17.8 Å². The average Bonchev–Trinajstić information content (AvgIpc) is 3.16. The minimum atomic E-state index is -2.91. The van der Waals surface area contributed by atoms with Crippen LogP contribution in [0.3, 0.4) is 0 Å². The van der Waals surface area contributed by atoms with Crippen LogP contribution in [0.25, 0.3) is 22.2 Å². The highest BCUT2D eigenvalue weighted by atomic mass is 32.2. The highest BCUT2D eigenvalue weighted by Gasteiger charge is 2.39. The number of anilines is 1. The van der Waals surface area contributed by atoms with Crippen molar-refractivity contribution in [3.63, 3.8) is 0 Å². The first-order chi connectivity index (χ1) is 12.2. The summed E-state index contributed by atoms with van der Waals surface area (Å²) in [4.78, 5) is 5.36. The third-order valence-corrected chi connectivity index (χ3v) is 5.90. The third kappa shape index (κ3) is 3.07. The van der Waals surface area contributed by atoms with E-state index >= 15 is 0 Å². The van der Waals surface area contributed by atoms with Gasteiger partial charge in [-0.3, -0.25) is 0 Å². The molecule has 2 N–H and O–H groups in total. The van der Waals surface area contributed by atoms with Gasteiger partial charge in [0.25, 0.3) is 5.92 Å². The first kappa shape index (κ1) is 17.0. The van der Waals surface area contributed by atoms with Crippen molar-refractivity contribution in [3.8, 4) is 11.3 Å². The van der Waals surface area contributed by atoms with Gasteiger partial charge in [-0.1, -0.05) is 18.2 Å². The molecule has 0 bridgehead atoms. The molecule has 0 radical (unpaired) electrons. The minimum absolute atomic E-state index is 0.177. The molecule has 26 heavy (non-hydrogen) atoms. The van der Waals surface area contributed by atoms with Gasteiger partial charge in [-0.2, -0.15) is 0 Å². The summed E-state index contributed by atoms with van der Waals surface area (Å²) in [5.74, 6) is -2.70. The Labute approximate surface area is 150 Å². The SMILES string of the molecule is C[S@](=N)(=O)c1ccc(N2CCC(F)(F)C2)c(-c2cc3ccccc3[nH]2)c1. The lowest BCUT2D eigenvalue weighted by Crippen LogP contribution is -2.25. The number of fused-ring (bicyclic) bond motifs is 1. The molecule has 2 aromatic carbocycles. The van der Waals surface area contributed by atoms with Crippen LogP contribution < -0.4 is 4.90 Å².